The summed E-state index contributed by atoms with van der Waals surface area (Å²) in [5, 5.41) is 9.44. The molecule has 1 N–H and O–H groups in total. The van der Waals surface area contributed by atoms with Crippen LogP contribution >= 0.6 is 11.8 Å². The van der Waals surface area contributed by atoms with E-state index in [-0.39, 0.29) is 11.8 Å². The van der Waals surface area contributed by atoms with Crippen LogP contribution < -0.4 is 0 Å². The number of nitrogens with zero attached hydrogens (tertiary/aromatic N) is 2. The minimum Gasteiger partial charge on any atom is -0.481 e. The zero-order valence-electron chi connectivity index (χ0n) is 11.1. The molecule has 0 saturated heterocycles. The molecular weight excluding hydrogens is 264 g/mol. The minimum atomic E-state index is -0.845. The highest BCUT2D eigenvalue weighted by Crippen LogP contribution is 2.28. The van der Waals surface area contributed by atoms with Crippen LogP contribution in [0.5, 0.6) is 0 Å². The molecule has 6 heteroatoms. The molecule has 0 aliphatic carbocycles. The van der Waals surface area contributed by atoms with E-state index in [4.69, 9.17) is 9.52 Å². The van der Waals surface area contributed by atoms with Gasteiger partial charge in [0.2, 0.25) is 0 Å². The number of rotatable bonds is 5. The maximum absolute atomic E-state index is 10.6. The van der Waals surface area contributed by atoms with Crippen molar-refractivity contribution < 1.29 is 14.3 Å². The number of hydrogen-bond donors (Lipinski definition) is 1. The molecule has 0 radical (unpaired) electrons. The van der Waals surface area contributed by atoms with Crippen LogP contribution in [0.15, 0.2) is 28.0 Å². The van der Waals surface area contributed by atoms with Crippen LogP contribution in [0.1, 0.15) is 30.0 Å². The van der Waals surface area contributed by atoms with Gasteiger partial charge in [0.1, 0.15) is 11.5 Å². The molecule has 0 aliphatic heterocycles. The average Bonchev–Trinajstić information content (AvgIpc) is 2.92. The maximum atomic E-state index is 10.6. The molecule has 0 saturated carbocycles. The number of hydrogen-bond acceptors (Lipinski definition) is 4. The standard InChI is InChI=1S/C13H16N2O3S/c1-8-6-11(10(3)18-8)9(2)15-5-4-14-13(15)19-7-12(16)17/h4-6,9H,7H2,1-3H3,(H,16,17). The lowest BCUT2D eigenvalue weighted by atomic mass is 10.1. The van der Waals surface area contributed by atoms with Gasteiger partial charge in [0, 0.05) is 18.0 Å². The number of imidazole rings is 1. The van der Waals surface area contributed by atoms with Crippen LogP contribution in [0.25, 0.3) is 0 Å². The van der Waals surface area contributed by atoms with E-state index < -0.39 is 5.97 Å². The number of furan rings is 1. The van der Waals surface area contributed by atoms with Crippen LogP contribution in [0, 0.1) is 13.8 Å². The van der Waals surface area contributed by atoms with Crippen molar-refractivity contribution in [3.63, 3.8) is 0 Å². The summed E-state index contributed by atoms with van der Waals surface area (Å²) in [6.07, 6.45) is 3.54. The van der Waals surface area contributed by atoms with Crippen LogP contribution in [-0.2, 0) is 4.79 Å². The predicted molar refractivity (Wildman–Crippen MR) is 72.6 cm³/mol. The van der Waals surface area contributed by atoms with Gasteiger partial charge in [-0.1, -0.05) is 11.8 Å². The number of carboxylic acids is 1. The van der Waals surface area contributed by atoms with Crippen molar-refractivity contribution in [3.05, 3.63) is 35.5 Å². The average molecular weight is 280 g/mol. The van der Waals surface area contributed by atoms with E-state index >= 15 is 0 Å². The van der Waals surface area contributed by atoms with Crippen molar-refractivity contribution in [2.24, 2.45) is 0 Å². The van der Waals surface area contributed by atoms with Crippen molar-refractivity contribution in [2.45, 2.75) is 32.0 Å². The Morgan fingerprint density at radius 1 is 1.58 bits per heavy atom. The second kappa shape index (κ2) is 5.52. The van der Waals surface area contributed by atoms with Gasteiger partial charge >= 0.3 is 5.97 Å². The first-order chi connectivity index (χ1) is 8.99. The Kier molecular flexibility index (Phi) is 3.99. The van der Waals surface area contributed by atoms with Crippen molar-refractivity contribution in [3.8, 4) is 0 Å². The van der Waals surface area contributed by atoms with Gasteiger partial charge in [-0.2, -0.15) is 0 Å². The fourth-order valence-corrected chi connectivity index (χ4v) is 2.80. The van der Waals surface area contributed by atoms with Gasteiger partial charge in [-0.15, -0.1) is 0 Å². The first kappa shape index (κ1) is 13.7. The number of aromatic nitrogens is 2. The van der Waals surface area contributed by atoms with Gasteiger partial charge in [0.05, 0.1) is 11.8 Å². The van der Waals surface area contributed by atoms with E-state index in [0.29, 0.717) is 5.16 Å². The minimum absolute atomic E-state index is 0.00707. The molecule has 1 atom stereocenters. The van der Waals surface area contributed by atoms with Gasteiger partial charge in [0.25, 0.3) is 0 Å². The van der Waals surface area contributed by atoms with Gasteiger partial charge in [0.15, 0.2) is 5.16 Å². The molecule has 2 heterocycles. The highest BCUT2D eigenvalue weighted by atomic mass is 32.2. The second-order valence-corrected chi connectivity index (χ2v) is 5.29. The van der Waals surface area contributed by atoms with Crippen molar-refractivity contribution in [2.75, 3.05) is 5.75 Å². The van der Waals surface area contributed by atoms with E-state index in [0.717, 1.165) is 17.1 Å². The summed E-state index contributed by atoms with van der Waals surface area (Å²) in [6, 6.07) is 2.07. The maximum Gasteiger partial charge on any atom is 0.313 e. The lowest BCUT2D eigenvalue weighted by Gasteiger charge is -2.15. The number of aryl methyl sites for hydroxylation is 2. The summed E-state index contributed by atoms with van der Waals surface area (Å²) in [7, 11) is 0. The smallest absolute Gasteiger partial charge is 0.313 e. The summed E-state index contributed by atoms with van der Waals surface area (Å²) in [5.41, 5.74) is 1.09. The third-order valence-electron chi connectivity index (χ3n) is 2.90. The first-order valence-electron chi connectivity index (χ1n) is 5.93. The van der Waals surface area contributed by atoms with Crippen LogP contribution in [0.4, 0.5) is 0 Å². The Hall–Kier alpha value is -1.69. The highest BCUT2D eigenvalue weighted by molar-refractivity contribution is 7.99. The van der Waals surface area contributed by atoms with Gasteiger partial charge in [-0.3, -0.25) is 4.79 Å². The van der Waals surface area contributed by atoms with E-state index in [9.17, 15) is 4.79 Å². The van der Waals surface area contributed by atoms with Gasteiger partial charge < -0.3 is 14.1 Å². The van der Waals surface area contributed by atoms with Crippen molar-refractivity contribution in [1.29, 1.82) is 0 Å². The van der Waals surface area contributed by atoms with Gasteiger partial charge in [-0.05, 0) is 26.8 Å². The summed E-state index contributed by atoms with van der Waals surface area (Å²) < 4.78 is 7.50. The summed E-state index contributed by atoms with van der Waals surface area (Å²) in [6.45, 7) is 5.89. The molecule has 2 aromatic heterocycles. The zero-order chi connectivity index (χ0) is 14.0. The van der Waals surface area contributed by atoms with Gasteiger partial charge in [-0.25, -0.2) is 4.98 Å². The topological polar surface area (TPSA) is 68.3 Å². The molecule has 2 aromatic rings. The lowest BCUT2D eigenvalue weighted by molar-refractivity contribution is -0.133. The molecule has 0 aromatic carbocycles. The number of thioether (sulfide) groups is 1. The monoisotopic (exact) mass is 280 g/mol. The Labute approximate surface area is 115 Å². The number of carboxylic acid groups (broad SMARTS) is 1. The fraction of sp³-hybridized carbons (Fsp3) is 0.385. The fourth-order valence-electron chi connectivity index (χ4n) is 2.05. The van der Waals surface area contributed by atoms with E-state index in [1.807, 2.05) is 37.6 Å². The Morgan fingerprint density at radius 2 is 2.32 bits per heavy atom. The molecule has 19 heavy (non-hydrogen) atoms. The van der Waals surface area contributed by atoms with Crippen molar-refractivity contribution in [1.82, 2.24) is 9.55 Å². The molecule has 2 rings (SSSR count). The largest absolute Gasteiger partial charge is 0.481 e. The third-order valence-corrected chi connectivity index (χ3v) is 3.87. The molecule has 102 valence electrons. The normalized spacial score (nSPS) is 12.6. The molecule has 0 spiro atoms. The highest BCUT2D eigenvalue weighted by Gasteiger charge is 2.17. The van der Waals surface area contributed by atoms with Crippen LogP contribution in [0.2, 0.25) is 0 Å². The predicted octanol–water partition coefficient (Wildman–Crippen LogP) is 2.88. The molecule has 0 aliphatic rings. The Bertz CT molecular complexity index is 588. The van der Waals surface area contributed by atoms with Crippen LogP contribution in [-0.4, -0.2) is 26.4 Å². The van der Waals surface area contributed by atoms with E-state index in [1.54, 1.807) is 6.20 Å². The van der Waals surface area contributed by atoms with Crippen LogP contribution in [0.3, 0.4) is 0 Å². The Morgan fingerprint density at radius 3 is 2.89 bits per heavy atom. The second-order valence-electron chi connectivity index (χ2n) is 4.34. The lowest BCUT2D eigenvalue weighted by Crippen LogP contribution is -2.08. The number of aliphatic carboxylic acids is 1. The summed E-state index contributed by atoms with van der Waals surface area (Å²) in [4.78, 5) is 14.8. The van der Waals surface area contributed by atoms with E-state index in [1.165, 1.54) is 11.8 Å². The quantitative estimate of drug-likeness (QED) is 0.853. The SMILES string of the molecule is Cc1cc(C(C)n2ccnc2SCC(=O)O)c(C)o1. The molecule has 0 amide bonds. The molecule has 5 nitrogen and oxygen atoms in total. The molecule has 1 unspecified atom stereocenters. The summed E-state index contributed by atoms with van der Waals surface area (Å²) in [5.74, 6) is 0.919. The van der Waals surface area contributed by atoms with Crippen molar-refractivity contribution >= 4 is 17.7 Å². The van der Waals surface area contributed by atoms with E-state index in [2.05, 4.69) is 4.98 Å². The third kappa shape index (κ3) is 3.01. The Balaban J connectivity index is 2.24. The zero-order valence-corrected chi connectivity index (χ0v) is 11.9. The molecular formula is C13H16N2O3S. The number of carbonyl (C=O) groups is 1. The summed E-state index contributed by atoms with van der Waals surface area (Å²) >= 11 is 1.22. The first-order valence-corrected chi connectivity index (χ1v) is 6.92. The molecule has 0 bridgehead atoms. The molecule has 0 fully saturated rings.